The summed E-state index contributed by atoms with van der Waals surface area (Å²) in [6, 6.07) is -2.51. The molecule has 34 heavy (non-hydrogen) atoms. The fourth-order valence-electron chi connectivity index (χ4n) is 2.98. The number of hydrogen-bond acceptors (Lipinski definition) is 7. The highest BCUT2D eigenvalue weighted by Crippen LogP contribution is 2.15. The molecule has 192 valence electrons. The van der Waals surface area contributed by atoms with Gasteiger partial charge in [-0.3, -0.25) is 24.4 Å². The van der Waals surface area contributed by atoms with Crippen molar-refractivity contribution in [2.45, 2.75) is 76.9 Å². The average molecular weight is 518 g/mol. The summed E-state index contributed by atoms with van der Waals surface area (Å²) >= 11 is 0. The number of carbonyl (C=O) groups is 5. The summed E-state index contributed by atoms with van der Waals surface area (Å²) in [6.45, 7) is 4.11. The second kappa shape index (κ2) is 18.1. The first-order valence-corrected chi connectivity index (χ1v) is 12.2. The average Bonchev–Trinajstić information content (AvgIpc) is 2.77. The molecule has 4 N–H and O–H groups in total. The zero-order chi connectivity index (χ0) is 26.1. The second-order valence-corrected chi connectivity index (χ2v) is 9.32. The molecule has 0 aromatic carbocycles. The van der Waals surface area contributed by atoms with Crippen molar-refractivity contribution < 1.29 is 34.2 Å². The topological polar surface area (TPSA) is 175 Å². The number of hydrogen-bond donors (Lipinski definition) is 4. The number of aliphatic imine (C=N–C) groups is 2. The molecular weight excluding hydrogens is 482 g/mol. The summed E-state index contributed by atoms with van der Waals surface area (Å²) in [5.41, 5.74) is 1.27. The van der Waals surface area contributed by atoms with Gasteiger partial charge in [0.25, 0.3) is 0 Å². The van der Waals surface area contributed by atoms with E-state index in [1.165, 1.54) is 0 Å². The van der Waals surface area contributed by atoms with Gasteiger partial charge in [-0.05, 0) is 44.9 Å². The SMILES string of the molecule is CC(C)C(=O)C(CCCCN=C(P)CCC(NC=O)C(=O)O)N=C(P)CCC(NC=O)C(=O)O. The highest BCUT2D eigenvalue weighted by molar-refractivity contribution is 7.40. The maximum Gasteiger partial charge on any atom is 0.326 e. The van der Waals surface area contributed by atoms with E-state index >= 15 is 0 Å². The van der Waals surface area contributed by atoms with Crippen LogP contribution in [-0.4, -0.2) is 76.3 Å². The largest absolute Gasteiger partial charge is 0.480 e. The molecule has 0 saturated carbocycles. The van der Waals surface area contributed by atoms with Crippen LogP contribution in [0.5, 0.6) is 0 Å². The summed E-state index contributed by atoms with van der Waals surface area (Å²) in [4.78, 5) is 64.6. The number of nitrogens with one attached hydrogen (secondary N) is 2. The first kappa shape index (κ1) is 31.8. The van der Waals surface area contributed by atoms with Crippen molar-refractivity contribution in [1.29, 1.82) is 0 Å². The summed E-state index contributed by atoms with van der Waals surface area (Å²) in [6.07, 6.45) is 3.75. The Morgan fingerprint density at radius 1 is 0.853 bits per heavy atom. The number of unbranched alkanes of at least 4 members (excludes halogenated alkanes) is 1. The van der Waals surface area contributed by atoms with E-state index in [4.69, 9.17) is 10.2 Å². The van der Waals surface area contributed by atoms with Gasteiger partial charge in [-0.2, -0.15) is 0 Å². The minimum Gasteiger partial charge on any atom is -0.480 e. The molecule has 5 atom stereocenters. The fraction of sp³-hybridized carbons (Fsp3) is 0.667. The number of aliphatic carboxylic acids is 2. The predicted octanol–water partition coefficient (Wildman–Crippen LogP) is 1.26. The van der Waals surface area contributed by atoms with Gasteiger partial charge in [0.15, 0.2) is 5.78 Å². The van der Waals surface area contributed by atoms with Gasteiger partial charge in [-0.1, -0.05) is 32.3 Å². The second-order valence-electron chi connectivity index (χ2n) is 7.99. The van der Waals surface area contributed by atoms with Crippen molar-refractivity contribution in [3.8, 4) is 0 Å². The molecular formula is C21H36N4O7P2. The standard InChI is InChI=1S/C21H36N4O7P2/c1-13(2)19(28)14(25-18(34)9-7-16(21(31)32)24-12-27)5-3-4-10-22-17(33)8-6-15(20(29)30)23-11-26/h11-16H,3-10,33-34H2,1-2H3,(H,23,26)(H,24,27)(H,29,30)(H,31,32). The number of rotatable bonds is 20. The summed E-state index contributed by atoms with van der Waals surface area (Å²) in [5, 5.41) is 22.6. The van der Waals surface area contributed by atoms with E-state index in [9.17, 15) is 24.0 Å². The maximum atomic E-state index is 12.6. The van der Waals surface area contributed by atoms with Gasteiger partial charge in [0.1, 0.15) is 18.1 Å². The Hall–Kier alpha value is -2.25. The number of carboxylic acids is 2. The Labute approximate surface area is 204 Å². The van der Waals surface area contributed by atoms with Crippen molar-refractivity contribution >= 4 is 59.9 Å². The molecule has 0 spiro atoms. The number of Topliss-reactive ketones (excluding diaryl/α,β-unsaturated/α-hetero) is 1. The van der Waals surface area contributed by atoms with Crippen molar-refractivity contribution in [1.82, 2.24) is 10.6 Å². The van der Waals surface area contributed by atoms with Crippen LogP contribution >= 0.6 is 18.5 Å². The Bertz CT molecular complexity index is 759. The van der Waals surface area contributed by atoms with E-state index < -0.39 is 30.1 Å². The number of carboxylic acid groups (broad SMARTS) is 2. The van der Waals surface area contributed by atoms with Crippen LogP contribution in [0.25, 0.3) is 0 Å². The van der Waals surface area contributed by atoms with Crippen molar-refractivity contribution in [2.75, 3.05) is 6.54 Å². The third kappa shape index (κ3) is 14.1. The Morgan fingerprint density at radius 2 is 1.35 bits per heavy atom. The molecule has 13 heteroatoms. The molecule has 0 fully saturated rings. The van der Waals surface area contributed by atoms with Crippen molar-refractivity contribution in [3.63, 3.8) is 0 Å². The first-order valence-electron chi connectivity index (χ1n) is 11.0. The van der Waals surface area contributed by atoms with Gasteiger partial charge in [-0.15, -0.1) is 0 Å². The molecule has 0 bridgehead atoms. The zero-order valence-electron chi connectivity index (χ0n) is 19.6. The number of carbonyl (C=O) groups excluding carboxylic acids is 3. The highest BCUT2D eigenvalue weighted by atomic mass is 31.0. The molecule has 0 aliphatic heterocycles. The third-order valence-electron chi connectivity index (χ3n) is 4.93. The Morgan fingerprint density at radius 3 is 1.79 bits per heavy atom. The summed E-state index contributed by atoms with van der Waals surface area (Å²) < 4.78 is 0. The van der Waals surface area contributed by atoms with Crippen LogP contribution in [0.2, 0.25) is 0 Å². The van der Waals surface area contributed by atoms with Gasteiger partial charge in [0.05, 0.1) is 0 Å². The lowest BCUT2D eigenvalue weighted by atomic mass is 9.97. The molecule has 0 saturated heterocycles. The molecule has 0 aromatic rings. The maximum absolute atomic E-state index is 12.6. The molecule has 0 aromatic heterocycles. The van der Waals surface area contributed by atoms with Crippen LogP contribution < -0.4 is 10.6 Å². The zero-order valence-corrected chi connectivity index (χ0v) is 21.9. The Kier molecular flexibility index (Phi) is 16.9. The lowest BCUT2D eigenvalue weighted by Gasteiger charge is -2.16. The Balaban J connectivity index is 4.76. The molecule has 0 heterocycles. The van der Waals surface area contributed by atoms with Crippen LogP contribution in [0.15, 0.2) is 9.98 Å². The molecule has 0 radical (unpaired) electrons. The van der Waals surface area contributed by atoms with Crippen LogP contribution in [0.3, 0.4) is 0 Å². The van der Waals surface area contributed by atoms with Crippen molar-refractivity contribution in [2.24, 2.45) is 15.9 Å². The van der Waals surface area contributed by atoms with E-state index in [0.29, 0.717) is 62.4 Å². The summed E-state index contributed by atoms with van der Waals surface area (Å²) in [5.74, 6) is -2.43. The minimum atomic E-state index is -1.13. The molecule has 0 rings (SSSR count). The molecule has 0 aliphatic rings. The van der Waals surface area contributed by atoms with E-state index in [1.807, 2.05) is 0 Å². The molecule has 11 nitrogen and oxygen atoms in total. The van der Waals surface area contributed by atoms with Gasteiger partial charge >= 0.3 is 11.9 Å². The van der Waals surface area contributed by atoms with Crippen LogP contribution in [0.1, 0.15) is 58.8 Å². The van der Waals surface area contributed by atoms with Crippen LogP contribution in [0.4, 0.5) is 0 Å². The lowest BCUT2D eigenvalue weighted by molar-refractivity contribution is -0.141. The van der Waals surface area contributed by atoms with Gasteiger partial charge in [0, 0.05) is 23.4 Å². The fourth-order valence-corrected chi connectivity index (χ4v) is 3.62. The number of ketones is 1. The van der Waals surface area contributed by atoms with Gasteiger partial charge in [-0.25, -0.2) is 9.59 Å². The van der Waals surface area contributed by atoms with Gasteiger partial charge in [0.2, 0.25) is 12.8 Å². The van der Waals surface area contributed by atoms with E-state index in [-0.39, 0.29) is 24.5 Å². The predicted molar refractivity (Wildman–Crippen MR) is 136 cm³/mol. The number of amides is 2. The van der Waals surface area contributed by atoms with Crippen LogP contribution in [0, 0.1) is 5.92 Å². The molecule has 0 aliphatic carbocycles. The van der Waals surface area contributed by atoms with E-state index in [2.05, 4.69) is 39.1 Å². The van der Waals surface area contributed by atoms with E-state index in [1.54, 1.807) is 13.8 Å². The van der Waals surface area contributed by atoms with Crippen molar-refractivity contribution in [3.05, 3.63) is 0 Å². The number of nitrogens with zero attached hydrogens (tertiary/aromatic N) is 2. The van der Waals surface area contributed by atoms with Crippen LogP contribution in [-0.2, 0) is 24.0 Å². The summed E-state index contributed by atoms with van der Waals surface area (Å²) in [7, 11) is 4.91. The molecule has 2 amide bonds. The monoisotopic (exact) mass is 518 g/mol. The molecule has 5 unspecified atom stereocenters. The third-order valence-corrected chi connectivity index (χ3v) is 5.84. The minimum absolute atomic E-state index is 0.00150. The van der Waals surface area contributed by atoms with Gasteiger partial charge < -0.3 is 20.8 Å². The van der Waals surface area contributed by atoms with E-state index in [0.717, 1.165) is 0 Å². The smallest absolute Gasteiger partial charge is 0.326 e. The highest BCUT2D eigenvalue weighted by Gasteiger charge is 2.21. The normalized spacial score (nSPS) is 14.7. The quantitative estimate of drug-likeness (QED) is 0.0812. The first-order chi connectivity index (χ1) is 16.0. The lowest BCUT2D eigenvalue weighted by Crippen LogP contribution is -2.36.